The Morgan fingerprint density at radius 2 is 2.41 bits per heavy atom. The van der Waals surface area contributed by atoms with E-state index in [1.807, 2.05) is 18.2 Å². The van der Waals surface area contributed by atoms with Gasteiger partial charge in [-0.05, 0) is 25.0 Å². The van der Waals surface area contributed by atoms with Crippen molar-refractivity contribution >= 4 is 17.8 Å². The first-order valence-electron chi connectivity index (χ1n) is 5.74. The van der Waals surface area contributed by atoms with Gasteiger partial charge in [0.25, 0.3) is 0 Å². The van der Waals surface area contributed by atoms with E-state index >= 15 is 0 Å². The molecule has 0 fully saturated rings. The first-order valence-corrected chi connectivity index (χ1v) is 5.74. The van der Waals surface area contributed by atoms with Crippen LogP contribution >= 0.6 is 0 Å². The number of nitrogens with one attached hydrogen (secondary N) is 1. The second-order valence-electron chi connectivity index (χ2n) is 4.03. The Morgan fingerprint density at radius 3 is 3.12 bits per heavy atom. The summed E-state index contributed by atoms with van der Waals surface area (Å²) >= 11 is 0. The minimum Gasteiger partial charge on any atom is -0.497 e. The number of hydrogen-bond acceptors (Lipinski definition) is 3. The van der Waals surface area contributed by atoms with Gasteiger partial charge in [-0.3, -0.25) is 9.79 Å². The Bertz CT molecular complexity index is 429. The van der Waals surface area contributed by atoms with Gasteiger partial charge in [-0.2, -0.15) is 0 Å². The molecular weight excluding hydrogens is 216 g/mol. The predicted octanol–water partition coefficient (Wildman–Crippen LogP) is 2.11. The fourth-order valence-electron chi connectivity index (χ4n) is 1.81. The lowest BCUT2D eigenvalue weighted by atomic mass is 10.0. The van der Waals surface area contributed by atoms with Crippen molar-refractivity contribution in [2.24, 2.45) is 10.9 Å². The number of carbonyl (C=O) groups excluding carboxylic acids is 1. The monoisotopic (exact) mass is 232 g/mol. The minimum atomic E-state index is -0.102. The number of carbonyl (C=O) groups is 1. The lowest BCUT2D eigenvalue weighted by molar-refractivity contribution is -0.118. The molecule has 17 heavy (non-hydrogen) atoms. The summed E-state index contributed by atoms with van der Waals surface area (Å²) in [6.45, 7) is 0.836. The van der Waals surface area contributed by atoms with Crippen molar-refractivity contribution in [3.05, 3.63) is 24.3 Å². The quantitative estimate of drug-likeness (QED) is 0.867. The summed E-state index contributed by atoms with van der Waals surface area (Å²) in [7, 11) is 1.61. The van der Waals surface area contributed by atoms with Crippen molar-refractivity contribution in [1.82, 2.24) is 0 Å². The van der Waals surface area contributed by atoms with Gasteiger partial charge in [-0.1, -0.05) is 6.07 Å². The van der Waals surface area contributed by atoms with E-state index in [4.69, 9.17) is 4.74 Å². The third kappa shape index (κ3) is 3.06. The first-order chi connectivity index (χ1) is 8.29. The highest BCUT2D eigenvalue weighted by Crippen LogP contribution is 2.18. The van der Waals surface area contributed by atoms with E-state index < -0.39 is 0 Å². The van der Waals surface area contributed by atoms with E-state index in [-0.39, 0.29) is 11.8 Å². The molecule has 0 aromatic heterocycles. The van der Waals surface area contributed by atoms with Gasteiger partial charge in [-0.15, -0.1) is 0 Å². The first kappa shape index (κ1) is 11.6. The van der Waals surface area contributed by atoms with Gasteiger partial charge in [0, 0.05) is 24.5 Å². The second-order valence-corrected chi connectivity index (χ2v) is 4.03. The minimum absolute atomic E-state index is 0.00158. The van der Waals surface area contributed by atoms with Gasteiger partial charge in [0.1, 0.15) is 5.75 Å². The summed E-state index contributed by atoms with van der Waals surface area (Å²) in [6, 6.07) is 7.35. The zero-order valence-corrected chi connectivity index (χ0v) is 9.85. The molecule has 0 bridgehead atoms. The maximum atomic E-state index is 11.9. The number of ether oxygens (including phenoxy) is 1. The molecule has 2 rings (SSSR count). The molecule has 90 valence electrons. The predicted molar refractivity (Wildman–Crippen MR) is 67.7 cm³/mol. The normalized spacial score (nSPS) is 18.8. The molecule has 1 aromatic carbocycles. The van der Waals surface area contributed by atoms with Crippen molar-refractivity contribution in [2.45, 2.75) is 12.8 Å². The van der Waals surface area contributed by atoms with Crippen LogP contribution in [0.4, 0.5) is 5.69 Å². The molecule has 0 saturated heterocycles. The number of methoxy groups -OCH3 is 1. The number of benzene rings is 1. The number of nitrogens with zero attached hydrogens (tertiary/aromatic N) is 1. The molecule has 1 unspecified atom stereocenters. The lowest BCUT2D eigenvalue weighted by Gasteiger charge is -2.15. The van der Waals surface area contributed by atoms with Crippen molar-refractivity contribution in [1.29, 1.82) is 0 Å². The van der Waals surface area contributed by atoms with Gasteiger partial charge in [0.05, 0.1) is 13.0 Å². The van der Waals surface area contributed by atoms with Crippen molar-refractivity contribution in [2.75, 3.05) is 19.0 Å². The average Bonchev–Trinajstić information content (AvgIpc) is 2.40. The van der Waals surface area contributed by atoms with Gasteiger partial charge in [0.15, 0.2) is 0 Å². The molecule has 1 N–H and O–H groups in total. The van der Waals surface area contributed by atoms with Crippen LogP contribution in [0.3, 0.4) is 0 Å². The van der Waals surface area contributed by atoms with Gasteiger partial charge in [0.2, 0.25) is 5.91 Å². The molecule has 0 radical (unpaired) electrons. The van der Waals surface area contributed by atoms with E-state index in [0.29, 0.717) is 0 Å². The number of rotatable bonds is 3. The van der Waals surface area contributed by atoms with Crippen LogP contribution in [-0.2, 0) is 4.79 Å². The van der Waals surface area contributed by atoms with Crippen LogP contribution in [-0.4, -0.2) is 25.8 Å². The van der Waals surface area contributed by atoms with Crippen molar-refractivity contribution < 1.29 is 9.53 Å². The number of aliphatic imine (C=N–C) groups is 1. The Labute approximate surface area is 101 Å². The number of anilines is 1. The summed E-state index contributed by atoms with van der Waals surface area (Å²) in [4.78, 5) is 16.1. The third-order valence-corrected chi connectivity index (χ3v) is 2.76. The topological polar surface area (TPSA) is 50.7 Å². The van der Waals surface area contributed by atoms with Crippen molar-refractivity contribution in [3.8, 4) is 5.75 Å². The van der Waals surface area contributed by atoms with E-state index in [1.165, 1.54) is 0 Å². The molecule has 0 aliphatic carbocycles. The molecule has 0 saturated carbocycles. The molecular formula is C13H16N2O2. The zero-order chi connectivity index (χ0) is 12.1. The van der Waals surface area contributed by atoms with Gasteiger partial charge >= 0.3 is 0 Å². The van der Waals surface area contributed by atoms with Crippen LogP contribution in [0.25, 0.3) is 0 Å². The van der Waals surface area contributed by atoms with Crippen LogP contribution in [0.15, 0.2) is 29.3 Å². The maximum Gasteiger partial charge on any atom is 0.232 e. The highest BCUT2D eigenvalue weighted by Gasteiger charge is 2.18. The molecule has 4 heteroatoms. The Balaban J connectivity index is 2.01. The standard InChI is InChI=1S/C13H16N2O2/c1-17-12-6-2-5-11(8-12)15-13(16)10-4-3-7-14-9-10/h2,5-6,8-10H,3-4,7H2,1H3,(H,15,16). The lowest BCUT2D eigenvalue weighted by Crippen LogP contribution is -2.26. The van der Waals surface area contributed by atoms with Gasteiger partial charge < -0.3 is 10.1 Å². The maximum absolute atomic E-state index is 11.9. The van der Waals surface area contributed by atoms with E-state index in [9.17, 15) is 4.79 Å². The SMILES string of the molecule is COc1cccc(NC(=O)C2C=NCCC2)c1. The molecule has 1 atom stereocenters. The largest absolute Gasteiger partial charge is 0.497 e. The van der Waals surface area contributed by atoms with Crippen LogP contribution in [0.1, 0.15) is 12.8 Å². The highest BCUT2D eigenvalue weighted by atomic mass is 16.5. The average molecular weight is 232 g/mol. The highest BCUT2D eigenvalue weighted by molar-refractivity contribution is 6.02. The summed E-state index contributed by atoms with van der Waals surface area (Å²) in [5, 5.41) is 2.88. The molecule has 1 aromatic rings. The van der Waals surface area contributed by atoms with Gasteiger partial charge in [-0.25, -0.2) is 0 Å². The summed E-state index contributed by atoms with van der Waals surface area (Å²) in [5.74, 6) is 0.636. The molecule has 1 heterocycles. The third-order valence-electron chi connectivity index (χ3n) is 2.76. The fourth-order valence-corrected chi connectivity index (χ4v) is 1.81. The number of amides is 1. The molecule has 4 nitrogen and oxygen atoms in total. The second kappa shape index (κ2) is 5.48. The zero-order valence-electron chi connectivity index (χ0n) is 9.85. The fraction of sp³-hybridized carbons (Fsp3) is 0.385. The van der Waals surface area contributed by atoms with Crippen LogP contribution in [0, 0.1) is 5.92 Å². The summed E-state index contributed by atoms with van der Waals surface area (Å²) < 4.78 is 5.10. The Morgan fingerprint density at radius 1 is 1.53 bits per heavy atom. The number of hydrogen-bond donors (Lipinski definition) is 1. The van der Waals surface area contributed by atoms with Crippen LogP contribution in [0.2, 0.25) is 0 Å². The van der Waals surface area contributed by atoms with E-state index in [1.54, 1.807) is 19.4 Å². The molecule has 1 aliphatic heterocycles. The Kier molecular flexibility index (Phi) is 3.75. The summed E-state index contributed by atoms with van der Waals surface area (Å²) in [5.41, 5.74) is 0.758. The van der Waals surface area contributed by atoms with E-state index in [2.05, 4.69) is 10.3 Å². The van der Waals surface area contributed by atoms with Crippen LogP contribution in [0.5, 0.6) is 5.75 Å². The van der Waals surface area contributed by atoms with Crippen LogP contribution < -0.4 is 10.1 Å². The van der Waals surface area contributed by atoms with Crippen molar-refractivity contribution in [3.63, 3.8) is 0 Å². The smallest absolute Gasteiger partial charge is 0.232 e. The van der Waals surface area contributed by atoms with E-state index in [0.717, 1.165) is 30.8 Å². The summed E-state index contributed by atoms with van der Waals surface area (Å²) in [6.07, 6.45) is 3.60. The molecule has 1 amide bonds. The molecule has 1 aliphatic rings. The molecule has 0 spiro atoms. The Hall–Kier alpha value is -1.84.